The van der Waals surface area contributed by atoms with E-state index in [0.717, 1.165) is 5.69 Å². The van der Waals surface area contributed by atoms with Gasteiger partial charge >= 0.3 is 0 Å². The van der Waals surface area contributed by atoms with Crippen LogP contribution in [0.1, 0.15) is 36.3 Å². The summed E-state index contributed by atoms with van der Waals surface area (Å²) in [6.45, 7) is 6.52. The number of carbonyl (C=O) groups is 1. The van der Waals surface area contributed by atoms with Crippen molar-refractivity contribution in [3.05, 3.63) is 17.5 Å². The highest BCUT2D eigenvalue weighted by Crippen LogP contribution is 2.18. The van der Waals surface area contributed by atoms with Gasteiger partial charge in [0.25, 0.3) is 5.91 Å². The van der Waals surface area contributed by atoms with Crippen LogP contribution >= 0.6 is 0 Å². The summed E-state index contributed by atoms with van der Waals surface area (Å²) in [6, 6.07) is 0. The Hall–Kier alpha value is -1.36. The SMILES string of the molecule is Cc1nn(C)cc1C(=O)NCC(C)(C)CCO. The Morgan fingerprint density at radius 2 is 2.24 bits per heavy atom. The molecule has 96 valence electrons. The average molecular weight is 239 g/mol. The summed E-state index contributed by atoms with van der Waals surface area (Å²) < 4.78 is 1.63. The topological polar surface area (TPSA) is 67.2 Å². The second-order valence-corrected chi connectivity index (χ2v) is 5.12. The zero-order valence-electron chi connectivity index (χ0n) is 10.9. The predicted molar refractivity (Wildman–Crippen MR) is 65.8 cm³/mol. The highest BCUT2D eigenvalue weighted by Gasteiger charge is 2.19. The molecule has 0 aliphatic heterocycles. The van der Waals surface area contributed by atoms with Gasteiger partial charge < -0.3 is 10.4 Å². The van der Waals surface area contributed by atoms with E-state index in [1.807, 2.05) is 20.8 Å². The van der Waals surface area contributed by atoms with E-state index in [9.17, 15) is 4.79 Å². The molecule has 5 nitrogen and oxygen atoms in total. The molecule has 1 amide bonds. The summed E-state index contributed by atoms with van der Waals surface area (Å²) in [5, 5.41) is 15.9. The van der Waals surface area contributed by atoms with Crippen molar-refractivity contribution < 1.29 is 9.90 Å². The van der Waals surface area contributed by atoms with Gasteiger partial charge in [-0.3, -0.25) is 9.48 Å². The third kappa shape index (κ3) is 3.85. The maximum atomic E-state index is 11.9. The zero-order valence-corrected chi connectivity index (χ0v) is 10.9. The summed E-state index contributed by atoms with van der Waals surface area (Å²) in [5.74, 6) is -0.110. The fraction of sp³-hybridized carbons (Fsp3) is 0.667. The molecule has 5 heteroatoms. The molecule has 1 heterocycles. The summed E-state index contributed by atoms with van der Waals surface area (Å²) in [5.41, 5.74) is 1.23. The molecule has 0 fully saturated rings. The lowest BCUT2D eigenvalue weighted by molar-refractivity contribution is 0.0927. The first-order valence-corrected chi connectivity index (χ1v) is 5.75. The predicted octanol–water partition coefficient (Wildman–Crippen LogP) is 0.867. The van der Waals surface area contributed by atoms with E-state index >= 15 is 0 Å². The molecule has 0 atom stereocenters. The molecular formula is C12H21N3O2. The fourth-order valence-corrected chi connectivity index (χ4v) is 1.63. The monoisotopic (exact) mass is 239 g/mol. The molecule has 1 aromatic rings. The Morgan fingerprint density at radius 3 is 2.71 bits per heavy atom. The number of amides is 1. The minimum atomic E-state index is -0.110. The van der Waals surface area contributed by atoms with Crippen LogP contribution in [0.15, 0.2) is 6.20 Å². The number of aromatic nitrogens is 2. The van der Waals surface area contributed by atoms with E-state index in [1.54, 1.807) is 17.9 Å². The number of rotatable bonds is 5. The summed E-state index contributed by atoms with van der Waals surface area (Å²) in [4.78, 5) is 11.9. The number of aliphatic hydroxyl groups is 1. The van der Waals surface area contributed by atoms with Crippen LogP contribution in [0.25, 0.3) is 0 Å². The van der Waals surface area contributed by atoms with Gasteiger partial charge in [-0.15, -0.1) is 0 Å². The van der Waals surface area contributed by atoms with Crippen LogP contribution in [0.3, 0.4) is 0 Å². The molecule has 1 rings (SSSR count). The summed E-state index contributed by atoms with van der Waals surface area (Å²) in [7, 11) is 1.79. The van der Waals surface area contributed by atoms with Crippen molar-refractivity contribution in [3.63, 3.8) is 0 Å². The number of nitrogens with one attached hydrogen (secondary N) is 1. The Kier molecular flexibility index (Phi) is 4.28. The van der Waals surface area contributed by atoms with E-state index in [0.29, 0.717) is 18.5 Å². The minimum Gasteiger partial charge on any atom is -0.396 e. The van der Waals surface area contributed by atoms with Gasteiger partial charge in [-0.1, -0.05) is 13.8 Å². The Labute approximate surface area is 102 Å². The summed E-state index contributed by atoms with van der Waals surface area (Å²) in [6.07, 6.45) is 2.38. The Balaban J connectivity index is 2.59. The van der Waals surface area contributed by atoms with Gasteiger partial charge in [-0.05, 0) is 18.8 Å². The van der Waals surface area contributed by atoms with E-state index in [4.69, 9.17) is 5.11 Å². The molecule has 2 N–H and O–H groups in total. The normalized spacial score (nSPS) is 11.6. The third-order valence-electron chi connectivity index (χ3n) is 2.77. The van der Waals surface area contributed by atoms with Crippen molar-refractivity contribution in [2.45, 2.75) is 27.2 Å². The number of hydrogen-bond acceptors (Lipinski definition) is 3. The smallest absolute Gasteiger partial charge is 0.254 e. The molecule has 0 aromatic carbocycles. The molecule has 0 aliphatic carbocycles. The quantitative estimate of drug-likeness (QED) is 0.801. The van der Waals surface area contributed by atoms with E-state index in [2.05, 4.69) is 10.4 Å². The first-order chi connectivity index (χ1) is 7.85. The van der Waals surface area contributed by atoms with E-state index in [-0.39, 0.29) is 17.9 Å². The van der Waals surface area contributed by atoms with Crippen LogP contribution in [0.2, 0.25) is 0 Å². The van der Waals surface area contributed by atoms with Crippen molar-refractivity contribution in [1.29, 1.82) is 0 Å². The van der Waals surface area contributed by atoms with Gasteiger partial charge in [-0.25, -0.2) is 0 Å². The van der Waals surface area contributed by atoms with Gasteiger partial charge in [0.05, 0.1) is 11.3 Å². The third-order valence-corrected chi connectivity index (χ3v) is 2.77. The maximum Gasteiger partial charge on any atom is 0.254 e. The van der Waals surface area contributed by atoms with Crippen LogP contribution in [0, 0.1) is 12.3 Å². The molecule has 17 heavy (non-hydrogen) atoms. The Bertz CT molecular complexity index is 396. The van der Waals surface area contributed by atoms with Crippen molar-refractivity contribution in [1.82, 2.24) is 15.1 Å². The van der Waals surface area contributed by atoms with Crippen LogP contribution < -0.4 is 5.32 Å². The lowest BCUT2D eigenvalue weighted by Gasteiger charge is -2.23. The first kappa shape index (κ1) is 13.7. The number of aliphatic hydroxyl groups excluding tert-OH is 1. The number of hydrogen-bond donors (Lipinski definition) is 2. The standard InChI is InChI=1S/C12H21N3O2/c1-9-10(7-15(4)14-9)11(17)13-8-12(2,3)5-6-16/h7,16H,5-6,8H2,1-4H3,(H,13,17). The van der Waals surface area contributed by atoms with Crippen LogP contribution in [0.5, 0.6) is 0 Å². The maximum absolute atomic E-state index is 11.9. The molecule has 0 unspecified atom stereocenters. The average Bonchev–Trinajstić information content (AvgIpc) is 2.54. The molecular weight excluding hydrogens is 218 g/mol. The Morgan fingerprint density at radius 1 is 1.59 bits per heavy atom. The van der Waals surface area contributed by atoms with Gasteiger partial charge in [0.2, 0.25) is 0 Å². The largest absolute Gasteiger partial charge is 0.396 e. The first-order valence-electron chi connectivity index (χ1n) is 5.75. The molecule has 0 aliphatic rings. The van der Waals surface area contributed by atoms with Crippen molar-refractivity contribution >= 4 is 5.91 Å². The summed E-state index contributed by atoms with van der Waals surface area (Å²) >= 11 is 0. The zero-order chi connectivity index (χ0) is 13.1. The molecule has 1 aromatic heterocycles. The van der Waals surface area contributed by atoms with Gasteiger partial charge in [-0.2, -0.15) is 5.10 Å². The molecule has 0 radical (unpaired) electrons. The van der Waals surface area contributed by atoms with E-state index < -0.39 is 0 Å². The van der Waals surface area contributed by atoms with Gasteiger partial charge in [0.1, 0.15) is 0 Å². The lowest BCUT2D eigenvalue weighted by Crippen LogP contribution is -2.34. The van der Waals surface area contributed by atoms with Crippen molar-refractivity contribution in [2.75, 3.05) is 13.2 Å². The molecule has 0 bridgehead atoms. The van der Waals surface area contributed by atoms with E-state index in [1.165, 1.54) is 0 Å². The van der Waals surface area contributed by atoms with Crippen molar-refractivity contribution in [2.24, 2.45) is 12.5 Å². The number of nitrogens with zero attached hydrogens (tertiary/aromatic N) is 2. The van der Waals surface area contributed by atoms with Gasteiger partial charge in [0.15, 0.2) is 0 Å². The van der Waals surface area contributed by atoms with Crippen LogP contribution in [-0.2, 0) is 7.05 Å². The minimum absolute atomic E-state index is 0.0967. The van der Waals surface area contributed by atoms with Gasteiger partial charge in [0, 0.05) is 26.4 Å². The molecule has 0 saturated carbocycles. The van der Waals surface area contributed by atoms with Crippen molar-refractivity contribution in [3.8, 4) is 0 Å². The number of carbonyl (C=O) groups excluding carboxylic acids is 1. The molecule has 0 spiro atoms. The second kappa shape index (κ2) is 5.31. The highest BCUT2D eigenvalue weighted by molar-refractivity contribution is 5.95. The molecule has 0 saturated heterocycles. The highest BCUT2D eigenvalue weighted by atomic mass is 16.3. The van der Waals surface area contributed by atoms with Crippen LogP contribution in [-0.4, -0.2) is 33.9 Å². The van der Waals surface area contributed by atoms with Crippen LogP contribution in [0.4, 0.5) is 0 Å². The lowest BCUT2D eigenvalue weighted by atomic mass is 9.89. The fourth-order valence-electron chi connectivity index (χ4n) is 1.63. The number of aryl methyl sites for hydroxylation is 2. The second-order valence-electron chi connectivity index (χ2n) is 5.12.